The molecule has 0 aromatic carbocycles. The van der Waals surface area contributed by atoms with Crippen molar-refractivity contribution >= 4 is 32.3 Å². The van der Waals surface area contributed by atoms with E-state index < -0.39 is 21.1 Å². The summed E-state index contributed by atoms with van der Waals surface area (Å²) in [5.41, 5.74) is 9.50. The molecule has 13 heteroatoms. The topological polar surface area (TPSA) is 160 Å². The maximum atomic E-state index is 11.6. The fourth-order valence-corrected chi connectivity index (χ4v) is 5.76. The summed E-state index contributed by atoms with van der Waals surface area (Å²) in [6, 6.07) is 0. The van der Waals surface area contributed by atoms with Gasteiger partial charge in [-0.05, 0) is 6.92 Å². The molecule has 2 aromatic rings. The van der Waals surface area contributed by atoms with E-state index in [4.69, 9.17) is 20.0 Å². The molecule has 26 heavy (non-hydrogen) atoms. The van der Waals surface area contributed by atoms with Gasteiger partial charge in [0.15, 0.2) is 18.1 Å². The summed E-state index contributed by atoms with van der Waals surface area (Å²) >= 11 is 1.44. The van der Waals surface area contributed by atoms with E-state index in [-0.39, 0.29) is 6.61 Å². The van der Waals surface area contributed by atoms with E-state index in [2.05, 4.69) is 9.97 Å². The van der Waals surface area contributed by atoms with Gasteiger partial charge in [-0.3, -0.25) is 9.13 Å². The summed E-state index contributed by atoms with van der Waals surface area (Å²) in [4.78, 5) is 36.2. The van der Waals surface area contributed by atoms with E-state index in [0.717, 1.165) is 16.1 Å². The zero-order valence-electron chi connectivity index (χ0n) is 14.3. The summed E-state index contributed by atoms with van der Waals surface area (Å²) in [6.45, 7) is 4.02. The lowest BCUT2D eigenvalue weighted by atomic mass is 10.2. The predicted octanol–water partition coefficient (Wildman–Crippen LogP) is 0.953. The first-order valence-electron chi connectivity index (χ1n) is 7.52. The number of nitrogen functional groups attached to an aromatic ring is 1. The summed E-state index contributed by atoms with van der Waals surface area (Å²) < 4.78 is 29.2. The Bertz CT molecular complexity index is 884. The number of hydrogen-bond donors (Lipinski definition) is 4. The largest absolute Gasteiger partial charge is 0.383 e. The van der Waals surface area contributed by atoms with Gasteiger partial charge in [0.2, 0.25) is 5.51 Å². The van der Waals surface area contributed by atoms with Crippen molar-refractivity contribution in [2.45, 2.75) is 26.8 Å². The molecule has 10 nitrogen and oxygen atoms in total. The molecule has 2 heterocycles. The summed E-state index contributed by atoms with van der Waals surface area (Å²) in [6.07, 6.45) is 2.02. The van der Waals surface area contributed by atoms with Crippen LogP contribution in [-0.2, 0) is 26.6 Å². The highest BCUT2D eigenvalue weighted by Crippen LogP contribution is 2.55. The number of rotatable bonds is 8. The van der Waals surface area contributed by atoms with Crippen molar-refractivity contribution in [3.05, 3.63) is 33.7 Å². The number of thiazole rings is 1. The maximum absolute atomic E-state index is 11.6. The van der Waals surface area contributed by atoms with Gasteiger partial charge in [-0.25, -0.2) is 9.97 Å². The van der Waals surface area contributed by atoms with Crippen molar-refractivity contribution in [3.8, 4) is 0 Å². The van der Waals surface area contributed by atoms with Crippen LogP contribution >= 0.6 is 26.5 Å². The van der Waals surface area contributed by atoms with Crippen molar-refractivity contribution in [2.75, 3.05) is 18.2 Å². The molecule has 0 aliphatic heterocycles. The van der Waals surface area contributed by atoms with Crippen LogP contribution in [0.2, 0.25) is 0 Å². The Morgan fingerprint density at radius 1 is 1.31 bits per heavy atom. The molecule has 144 valence electrons. The van der Waals surface area contributed by atoms with Gasteiger partial charge < -0.3 is 24.9 Å². The van der Waals surface area contributed by atoms with Crippen LogP contribution in [-0.4, -0.2) is 37.2 Å². The van der Waals surface area contributed by atoms with Crippen molar-refractivity contribution in [1.82, 2.24) is 9.97 Å². The summed E-state index contributed by atoms with van der Waals surface area (Å²) in [5.74, 6) is -0.171. The molecule has 0 aliphatic rings. The number of nitrogens with zero attached hydrogens (tertiary/aromatic N) is 3. The standard InChI is InChI=1S/C13H20N4O6P2S/c1-9-12(3-4-23-25(21,22)8-24(18,19)20)26-7-17(9)6-11-5-15-10(2)16-13(11)14/h5,7H,3-4,6,8H2,1-2H3,(H4-,14,15,16,18,19,20,21,22)/p+1. The number of aryl methyl sites for hydroxylation is 1. The third-order valence-corrected chi connectivity index (χ3v) is 8.13. The monoisotopic (exact) mass is 423 g/mol. The average molecular weight is 423 g/mol. The third kappa shape index (κ3) is 6.21. The van der Waals surface area contributed by atoms with Crippen molar-refractivity contribution in [3.63, 3.8) is 0 Å². The first-order valence-corrected chi connectivity index (χ1v) is 12.0. The van der Waals surface area contributed by atoms with Crippen LogP contribution in [0.4, 0.5) is 5.82 Å². The molecule has 0 fully saturated rings. The highest BCUT2D eigenvalue weighted by molar-refractivity contribution is 7.70. The average Bonchev–Trinajstić information content (AvgIpc) is 2.80. The lowest BCUT2D eigenvalue weighted by Crippen LogP contribution is -2.35. The molecule has 2 rings (SSSR count). The van der Waals surface area contributed by atoms with Crippen LogP contribution in [0, 0.1) is 13.8 Å². The Balaban J connectivity index is 1.98. The minimum absolute atomic E-state index is 0.120. The molecule has 0 saturated carbocycles. The van der Waals surface area contributed by atoms with E-state index in [1.54, 1.807) is 13.1 Å². The molecule has 0 spiro atoms. The lowest BCUT2D eigenvalue weighted by Gasteiger charge is -2.12. The zero-order chi connectivity index (χ0) is 19.5. The first kappa shape index (κ1) is 21.1. The van der Waals surface area contributed by atoms with Crippen LogP contribution in [0.5, 0.6) is 0 Å². The van der Waals surface area contributed by atoms with Gasteiger partial charge in [0.05, 0.1) is 17.0 Å². The molecule has 0 bridgehead atoms. The number of anilines is 1. The van der Waals surface area contributed by atoms with Crippen LogP contribution in [0.1, 0.15) is 22.0 Å². The van der Waals surface area contributed by atoms with Gasteiger partial charge >= 0.3 is 15.2 Å². The molecule has 0 aliphatic carbocycles. The van der Waals surface area contributed by atoms with E-state index in [1.165, 1.54) is 11.3 Å². The summed E-state index contributed by atoms with van der Waals surface area (Å²) in [5, 5.41) is 0. The van der Waals surface area contributed by atoms with E-state index in [0.29, 0.717) is 24.6 Å². The Labute approximate surface area is 154 Å². The Hall–Kier alpha value is -1.19. The van der Waals surface area contributed by atoms with Crippen molar-refractivity contribution < 1.29 is 32.9 Å². The molecular weight excluding hydrogens is 402 g/mol. The molecule has 0 amide bonds. The molecule has 2 aromatic heterocycles. The van der Waals surface area contributed by atoms with Gasteiger partial charge in [0.25, 0.3) is 0 Å². The quantitative estimate of drug-likeness (QED) is 0.358. The molecule has 1 unspecified atom stereocenters. The van der Waals surface area contributed by atoms with Gasteiger partial charge in [-0.2, -0.15) is 4.57 Å². The number of aromatic nitrogens is 3. The summed E-state index contributed by atoms with van der Waals surface area (Å²) in [7, 11) is -8.94. The minimum Gasteiger partial charge on any atom is -0.383 e. The predicted molar refractivity (Wildman–Crippen MR) is 95.9 cm³/mol. The number of hydrogen-bond acceptors (Lipinski definition) is 7. The molecule has 0 radical (unpaired) electrons. The Morgan fingerprint density at radius 3 is 2.62 bits per heavy atom. The van der Waals surface area contributed by atoms with Gasteiger partial charge in [-0.1, -0.05) is 11.3 Å². The highest BCUT2D eigenvalue weighted by Gasteiger charge is 2.31. The highest BCUT2D eigenvalue weighted by atomic mass is 32.1. The fourth-order valence-electron chi connectivity index (χ4n) is 2.22. The van der Waals surface area contributed by atoms with E-state index in [1.807, 2.05) is 17.0 Å². The Kier molecular flexibility index (Phi) is 6.68. The molecule has 5 N–H and O–H groups in total. The molecule has 0 saturated heterocycles. The normalized spacial score (nSPS) is 14.3. The van der Waals surface area contributed by atoms with Crippen LogP contribution in [0.25, 0.3) is 0 Å². The zero-order valence-corrected chi connectivity index (χ0v) is 16.9. The fraction of sp³-hybridized carbons (Fsp3) is 0.462. The van der Waals surface area contributed by atoms with E-state index >= 15 is 0 Å². The van der Waals surface area contributed by atoms with Gasteiger partial charge in [0.1, 0.15) is 11.6 Å². The smallest absolute Gasteiger partial charge is 0.340 e. The lowest BCUT2D eigenvalue weighted by molar-refractivity contribution is -0.689. The van der Waals surface area contributed by atoms with Crippen molar-refractivity contribution in [1.29, 1.82) is 0 Å². The van der Waals surface area contributed by atoms with Crippen molar-refractivity contribution in [2.24, 2.45) is 0 Å². The molecule has 1 atom stereocenters. The second-order valence-electron chi connectivity index (χ2n) is 5.71. The van der Waals surface area contributed by atoms with Gasteiger partial charge in [0, 0.05) is 19.5 Å². The van der Waals surface area contributed by atoms with Crippen LogP contribution in [0.15, 0.2) is 11.7 Å². The third-order valence-electron chi connectivity index (χ3n) is 3.50. The van der Waals surface area contributed by atoms with Crippen LogP contribution in [0.3, 0.4) is 0 Å². The molecular formula is C13H21N4O6P2S+. The van der Waals surface area contributed by atoms with Crippen LogP contribution < -0.4 is 10.3 Å². The number of nitrogens with two attached hydrogens (primary N) is 1. The first-order chi connectivity index (χ1) is 12.0. The second-order valence-corrected chi connectivity index (χ2v) is 10.6. The van der Waals surface area contributed by atoms with Gasteiger partial charge in [-0.15, -0.1) is 0 Å². The Morgan fingerprint density at radius 2 is 2.00 bits per heavy atom. The minimum atomic E-state index is -4.62. The van der Waals surface area contributed by atoms with E-state index in [9.17, 15) is 14.0 Å². The maximum Gasteiger partial charge on any atom is 0.340 e. The SMILES string of the molecule is Cc1ncc(C[n+]2csc(CCOP(=O)(O)CP(=O)(O)O)c2C)c(N)n1. The second kappa shape index (κ2) is 8.22.